The van der Waals surface area contributed by atoms with E-state index in [9.17, 15) is 33.0 Å². The van der Waals surface area contributed by atoms with Crippen molar-refractivity contribution in [1.82, 2.24) is 9.80 Å². The second-order valence-electron chi connectivity index (χ2n) is 11.0. The standard InChI is InChI=1S/C20H31F3N2O4/c1-14(2,3)12(26)24-16(7,28)17(8-9-17)25(13(27)15(4,5)6)19(29,20(21,22)23)18(24)10-11-18/h28-29H,8-11H2,1-7H3/t16-,19+/m0/s1. The molecule has 2 aliphatic carbocycles. The summed E-state index contributed by atoms with van der Waals surface area (Å²) < 4.78 is 43.7. The molecule has 0 unspecified atom stereocenters. The van der Waals surface area contributed by atoms with Gasteiger partial charge in [-0.2, -0.15) is 13.2 Å². The quantitative estimate of drug-likeness (QED) is 0.632. The highest BCUT2D eigenvalue weighted by Gasteiger charge is 2.89. The summed E-state index contributed by atoms with van der Waals surface area (Å²) in [7, 11) is 0. The minimum absolute atomic E-state index is 0.0597. The van der Waals surface area contributed by atoms with Crippen molar-refractivity contribution >= 4 is 11.8 Å². The fourth-order valence-corrected chi connectivity index (χ4v) is 4.81. The number of hydrogen-bond donors (Lipinski definition) is 2. The Kier molecular flexibility index (Phi) is 4.21. The number of carbonyl (C=O) groups is 2. The van der Waals surface area contributed by atoms with Crippen molar-refractivity contribution in [1.29, 1.82) is 0 Å². The Morgan fingerprint density at radius 1 is 0.759 bits per heavy atom. The van der Waals surface area contributed by atoms with Gasteiger partial charge in [0.1, 0.15) is 5.54 Å². The van der Waals surface area contributed by atoms with Crippen LogP contribution in [0.1, 0.15) is 74.1 Å². The van der Waals surface area contributed by atoms with Gasteiger partial charge in [-0.15, -0.1) is 0 Å². The first kappa shape index (κ1) is 22.3. The van der Waals surface area contributed by atoms with Crippen LogP contribution in [0.3, 0.4) is 0 Å². The Morgan fingerprint density at radius 2 is 1.10 bits per heavy atom. The van der Waals surface area contributed by atoms with Crippen LogP contribution in [-0.4, -0.2) is 60.5 Å². The van der Waals surface area contributed by atoms with Crippen LogP contribution >= 0.6 is 0 Å². The van der Waals surface area contributed by atoms with Crippen LogP contribution in [0.2, 0.25) is 0 Å². The van der Waals surface area contributed by atoms with E-state index in [4.69, 9.17) is 0 Å². The normalized spacial score (nSPS) is 33.2. The van der Waals surface area contributed by atoms with Crippen LogP contribution < -0.4 is 0 Å². The Morgan fingerprint density at radius 3 is 1.38 bits per heavy atom. The highest BCUT2D eigenvalue weighted by molar-refractivity contribution is 5.88. The average molecular weight is 420 g/mol. The van der Waals surface area contributed by atoms with E-state index in [0.717, 1.165) is 4.90 Å². The summed E-state index contributed by atoms with van der Waals surface area (Å²) in [6.45, 7) is 10.4. The van der Waals surface area contributed by atoms with Gasteiger partial charge in [-0.1, -0.05) is 41.5 Å². The molecule has 6 nitrogen and oxygen atoms in total. The zero-order valence-corrected chi connectivity index (χ0v) is 18.1. The molecule has 9 heteroatoms. The van der Waals surface area contributed by atoms with Crippen LogP contribution in [0.25, 0.3) is 0 Å². The van der Waals surface area contributed by atoms with Crippen molar-refractivity contribution in [3.8, 4) is 0 Å². The molecule has 29 heavy (non-hydrogen) atoms. The average Bonchev–Trinajstić information content (AvgIpc) is 3.37. The molecule has 1 aliphatic heterocycles. The number of rotatable bonds is 0. The van der Waals surface area contributed by atoms with Gasteiger partial charge in [-0.05, 0) is 32.6 Å². The smallest absolute Gasteiger partial charge is 0.369 e. The number of alkyl halides is 3. The SMILES string of the molecule is CC(C)(C)C(=O)N1C2(CC2)[C@](C)(O)N(C(=O)C(C)(C)C)C2(CC2)[C@@]1(O)C(F)(F)F. The molecule has 2 atom stereocenters. The molecule has 2 saturated carbocycles. The molecule has 166 valence electrons. The number of halogens is 3. The Hall–Kier alpha value is -1.35. The van der Waals surface area contributed by atoms with Crippen molar-refractivity contribution in [3.63, 3.8) is 0 Å². The third kappa shape index (κ3) is 2.55. The summed E-state index contributed by atoms with van der Waals surface area (Å²) in [5.41, 5.74) is -11.8. The van der Waals surface area contributed by atoms with E-state index in [2.05, 4.69) is 0 Å². The van der Waals surface area contributed by atoms with Gasteiger partial charge in [-0.3, -0.25) is 14.5 Å². The van der Waals surface area contributed by atoms with Gasteiger partial charge in [-0.25, -0.2) is 0 Å². The summed E-state index contributed by atoms with van der Waals surface area (Å²) in [5.74, 6) is -1.58. The van der Waals surface area contributed by atoms with Gasteiger partial charge in [0.15, 0.2) is 5.72 Å². The molecule has 1 saturated heterocycles. The molecule has 2 amide bonds. The fraction of sp³-hybridized carbons (Fsp3) is 0.900. The molecule has 0 aromatic carbocycles. The number of piperazine rings is 1. The van der Waals surface area contributed by atoms with Gasteiger partial charge in [0.25, 0.3) is 5.72 Å². The summed E-state index contributed by atoms with van der Waals surface area (Å²) in [5, 5.41) is 22.9. The number of amides is 2. The maximum atomic E-state index is 14.6. The number of hydrogen-bond acceptors (Lipinski definition) is 4. The number of carbonyl (C=O) groups excluding carboxylic acids is 2. The largest absolute Gasteiger partial charge is 0.439 e. The molecule has 0 bridgehead atoms. The monoisotopic (exact) mass is 420 g/mol. The minimum Gasteiger partial charge on any atom is -0.369 e. The van der Waals surface area contributed by atoms with Gasteiger partial charge < -0.3 is 15.1 Å². The van der Waals surface area contributed by atoms with Crippen molar-refractivity contribution in [2.75, 3.05) is 0 Å². The Bertz CT molecular complexity index is 755. The summed E-state index contributed by atoms with van der Waals surface area (Å²) >= 11 is 0. The van der Waals surface area contributed by atoms with E-state index in [-0.39, 0.29) is 25.7 Å². The lowest BCUT2D eigenvalue weighted by atomic mass is 9.77. The highest BCUT2D eigenvalue weighted by atomic mass is 19.4. The molecule has 3 rings (SSSR count). The molecule has 1 heterocycles. The van der Waals surface area contributed by atoms with E-state index >= 15 is 0 Å². The highest BCUT2D eigenvalue weighted by Crippen LogP contribution is 2.70. The minimum atomic E-state index is -5.22. The van der Waals surface area contributed by atoms with Crippen molar-refractivity contribution < 1.29 is 33.0 Å². The molecular formula is C20H31F3N2O4. The Balaban J connectivity index is 2.33. The second-order valence-corrected chi connectivity index (χ2v) is 11.0. The van der Waals surface area contributed by atoms with E-state index in [1.54, 1.807) is 20.8 Å². The molecule has 0 radical (unpaired) electrons. The molecule has 3 aliphatic rings. The zero-order valence-electron chi connectivity index (χ0n) is 18.1. The first-order chi connectivity index (χ1) is 12.7. The lowest BCUT2D eigenvalue weighted by Crippen LogP contribution is -2.87. The summed E-state index contributed by atoms with van der Waals surface area (Å²) in [6.07, 6.45) is -5.42. The van der Waals surface area contributed by atoms with E-state index in [0.29, 0.717) is 4.90 Å². The molecule has 0 aromatic heterocycles. The van der Waals surface area contributed by atoms with E-state index in [1.165, 1.54) is 27.7 Å². The molecule has 2 spiro atoms. The lowest BCUT2D eigenvalue weighted by Gasteiger charge is -2.65. The fourth-order valence-electron chi connectivity index (χ4n) is 4.81. The zero-order chi connectivity index (χ0) is 22.6. The van der Waals surface area contributed by atoms with Crippen LogP contribution in [0.4, 0.5) is 13.2 Å². The molecular weight excluding hydrogens is 389 g/mol. The number of aliphatic hydroxyl groups is 2. The van der Waals surface area contributed by atoms with Crippen molar-refractivity contribution in [3.05, 3.63) is 0 Å². The molecule has 3 fully saturated rings. The van der Waals surface area contributed by atoms with Gasteiger partial charge >= 0.3 is 6.18 Å². The van der Waals surface area contributed by atoms with Crippen LogP contribution in [0.5, 0.6) is 0 Å². The van der Waals surface area contributed by atoms with Gasteiger partial charge in [0, 0.05) is 10.8 Å². The van der Waals surface area contributed by atoms with Gasteiger partial charge in [0.2, 0.25) is 11.8 Å². The Labute approximate surface area is 169 Å². The summed E-state index contributed by atoms with van der Waals surface area (Å²) in [6, 6.07) is 0. The second kappa shape index (κ2) is 5.46. The molecule has 2 N–H and O–H groups in total. The van der Waals surface area contributed by atoms with Crippen LogP contribution in [0.15, 0.2) is 0 Å². The first-order valence-electron chi connectivity index (χ1n) is 9.93. The predicted octanol–water partition coefficient (Wildman–Crippen LogP) is 2.77. The summed E-state index contributed by atoms with van der Waals surface area (Å²) in [4.78, 5) is 27.9. The third-order valence-electron chi connectivity index (χ3n) is 6.68. The first-order valence-corrected chi connectivity index (χ1v) is 9.93. The van der Waals surface area contributed by atoms with Gasteiger partial charge in [0.05, 0.1) is 5.54 Å². The van der Waals surface area contributed by atoms with E-state index in [1.807, 2.05) is 0 Å². The topological polar surface area (TPSA) is 81.1 Å². The predicted molar refractivity (Wildman–Crippen MR) is 98.2 cm³/mol. The third-order valence-corrected chi connectivity index (χ3v) is 6.68. The van der Waals surface area contributed by atoms with Crippen LogP contribution in [0, 0.1) is 10.8 Å². The lowest BCUT2D eigenvalue weighted by molar-refractivity contribution is -0.389. The van der Waals surface area contributed by atoms with Crippen molar-refractivity contribution in [2.24, 2.45) is 10.8 Å². The van der Waals surface area contributed by atoms with E-state index < -0.39 is 51.3 Å². The van der Waals surface area contributed by atoms with Crippen molar-refractivity contribution in [2.45, 2.75) is 103 Å². The molecule has 0 aromatic rings. The van der Waals surface area contributed by atoms with Crippen LogP contribution in [-0.2, 0) is 9.59 Å². The maximum absolute atomic E-state index is 14.6. The number of nitrogens with zero attached hydrogens (tertiary/aromatic N) is 2. The maximum Gasteiger partial charge on any atom is 0.439 e.